The zero-order valence-corrected chi connectivity index (χ0v) is 14.0. The summed E-state index contributed by atoms with van der Waals surface area (Å²) < 4.78 is 1.00. The Kier molecular flexibility index (Phi) is 3.69. The Morgan fingerprint density at radius 2 is 1.95 bits per heavy atom. The minimum Gasteiger partial charge on any atom is -0.297 e. The van der Waals surface area contributed by atoms with E-state index in [0.29, 0.717) is 15.0 Å². The van der Waals surface area contributed by atoms with Gasteiger partial charge in [0, 0.05) is 5.02 Å². The van der Waals surface area contributed by atoms with Crippen molar-refractivity contribution in [2.45, 2.75) is 20.8 Å². The Morgan fingerprint density at radius 3 is 2.62 bits per heavy atom. The molecule has 21 heavy (non-hydrogen) atoms. The lowest BCUT2D eigenvalue weighted by atomic mass is 10.2. The van der Waals surface area contributed by atoms with E-state index in [9.17, 15) is 4.79 Å². The molecule has 3 aromatic rings. The average Bonchev–Trinajstić information content (AvgIpc) is 2.97. The van der Waals surface area contributed by atoms with Crippen molar-refractivity contribution in [3.8, 4) is 0 Å². The van der Waals surface area contributed by atoms with Crippen molar-refractivity contribution >= 4 is 55.5 Å². The van der Waals surface area contributed by atoms with Crippen LogP contribution >= 0.6 is 34.3 Å². The molecule has 0 aliphatic heterocycles. The van der Waals surface area contributed by atoms with E-state index in [0.717, 1.165) is 26.5 Å². The van der Waals surface area contributed by atoms with Gasteiger partial charge in [0.15, 0.2) is 5.13 Å². The second-order valence-electron chi connectivity index (χ2n) is 4.64. The van der Waals surface area contributed by atoms with Crippen LogP contribution in [0.25, 0.3) is 10.2 Å². The molecule has 1 N–H and O–H groups in total. The maximum atomic E-state index is 12.3. The van der Waals surface area contributed by atoms with Gasteiger partial charge < -0.3 is 0 Å². The summed E-state index contributed by atoms with van der Waals surface area (Å²) in [6, 6.07) is 3.76. The van der Waals surface area contributed by atoms with Gasteiger partial charge in [-0.1, -0.05) is 22.9 Å². The Labute approximate surface area is 134 Å². The molecule has 3 rings (SSSR count). The number of fused-ring (bicyclic) bond motifs is 1. The number of carbonyl (C=O) groups excluding carboxylic acids is 1. The van der Waals surface area contributed by atoms with Crippen LogP contribution in [0.15, 0.2) is 12.1 Å². The Bertz CT molecular complexity index is 853. The van der Waals surface area contributed by atoms with E-state index in [1.807, 2.05) is 32.9 Å². The molecule has 1 amide bonds. The summed E-state index contributed by atoms with van der Waals surface area (Å²) >= 11 is 8.92. The lowest BCUT2D eigenvalue weighted by Crippen LogP contribution is -2.11. The standard InChI is InChI=1S/C14H12ClN3OS2/c1-6-9(15)4-5-10-11(6)17-14(21-10)18-13(19)12-7(2)16-8(3)20-12/h4-5H,1-3H3,(H,17,18,19). The van der Waals surface area contributed by atoms with Gasteiger partial charge in [0.2, 0.25) is 0 Å². The lowest BCUT2D eigenvalue weighted by molar-refractivity contribution is 0.103. The Morgan fingerprint density at radius 1 is 1.19 bits per heavy atom. The number of aryl methyl sites for hydroxylation is 3. The van der Waals surface area contributed by atoms with Gasteiger partial charge >= 0.3 is 0 Å². The number of thiazole rings is 2. The third-order valence-electron chi connectivity index (χ3n) is 3.08. The number of nitrogens with zero attached hydrogens (tertiary/aromatic N) is 2. The van der Waals surface area contributed by atoms with E-state index < -0.39 is 0 Å². The molecular weight excluding hydrogens is 326 g/mol. The van der Waals surface area contributed by atoms with Crippen LogP contribution in [0.3, 0.4) is 0 Å². The highest BCUT2D eigenvalue weighted by Crippen LogP contribution is 2.32. The fraction of sp³-hybridized carbons (Fsp3) is 0.214. The molecule has 0 radical (unpaired) electrons. The summed E-state index contributed by atoms with van der Waals surface area (Å²) in [5, 5.41) is 4.98. The van der Waals surface area contributed by atoms with E-state index in [2.05, 4.69) is 15.3 Å². The molecular formula is C14H12ClN3OS2. The van der Waals surface area contributed by atoms with Gasteiger partial charge in [-0.05, 0) is 38.5 Å². The number of rotatable bonds is 2. The quantitative estimate of drug-likeness (QED) is 0.744. The van der Waals surface area contributed by atoms with Crippen molar-refractivity contribution in [3.05, 3.63) is 38.3 Å². The van der Waals surface area contributed by atoms with Gasteiger partial charge in [0.25, 0.3) is 5.91 Å². The second-order valence-corrected chi connectivity index (χ2v) is 7.28. The monoisotopic (exact) mass is 337 g/mol. The minimum absolute atomic E-state index is 0.166. The third kappa shape index (κ3) is 2.66. The number of amides is 1. The molecule has 0 fully saturated rings. The number of benzene rings is 1. The molecule has 2 aromatic heterocycles. The van der Waals surface area contributed by atoms with Crippen molar-refractivity contribution in [2.24, 2.45) is 0 Å². The van der Waals surface area contributed by atoms with E-state index in [1.165, 1.54) is 22.7 Å². The van der Waals surface area contributed by atoms with Crippen LogP contribution in [0, 0.1) is 20.8 Å². The van der Waals surface area contributed by atoms with Crippen LogP contribution < -0.4 is 5.32 Å². The largest absolute Gasteiger partial charge is 0.297 e. The fourth-order valence-electron chi connectivity index (χ4n) is 2.05. The fourth-order valence-corrected chi connectivity index (χ4v) is 3.94. The minimum atomic E-state index is -0.166. The summed E-state index contributed by atoms with van der Waals surface area (Å²) in [6.07, 6.45) is 0. The van der Waals surface area contributed by atoms with Gasteiger partial charge in [-0.3, -0.25) is 10.1 Å². The first kappa shape index (κ1) is 14.4. The molecule has 7 heteroatoms. The predicted molar refractivity (Wildman–Crippen MR) is 88.9 cm³/mol. The number of nitrogens with one attached hydrogen (secondary N) is 1. The van der Waals surface area contributed by atoms with Gasteiger partial charge in [0.1, 0.15) is 4.88 Å². The van der Waals surface area contributed by atoms with Gasteiger partial charge in [-0.15, -0.1) is 11.3 Å². The SMILES string of the molecule is Cc1nc(C)c(C(=O)Nc2nc3c(C)c(Cl)ccc3s2)s1. The first-order valence-electron chi connectivity index (χ1n) is 6.26. The van der Waals surface area contributed by atoms with Gasteiger partial charge in [-0.2, -0.15) is 0 Å². The lowest BCUT2D eigenvalue weighted by Gasteiger charge is -1.98. The number of halogens is 1. The molecule has 0 aliphatic rings. The first-order valence-corrected chi connectivity index (χ1v) is 8.28. The molecule has 0 saturated heterocycles. The molecule has 0 atom stereocenters. The highest BCUT2D eigenvalue weighted by Gasteiger charge is 2.16. The van der Waals surface area contributed by atoms with Crippen molar-refractivity contribution in [3.63, 3.8) is 0 Å². The smallest absolute Gasteiger partial charge is 0.269 e. The number of carbonyl (C=O) groups is 1. The van der Waals surface area contributed by atoms with Crippen molar-refractivity contribution in [1.29, 1.82) is 0 Å². The first-order chi connectivity index (χ1) is 9.95. The summed E-state index contributed by atoms with van der Waals surface area (Å²) in [5.41, 5.74) is 2.51. The van der Waals surface area contributed by atoms with Crippen LogP contribution in [-0.4, -0.2) is 15.9 Å². The highest BCUT2D eigenvalue weighted by molar-refractivity contribution is 7.22. The normalized spacial score (nSPS) is 11.0. The van der Waals surface area contributed by atoms with Crippen LogP contribution in [0.5, 0.6) is 0 Å². The second kappa shape index (κ2) is 5.36. The average molecular weight is 338 g/mol. The Balaban J connectivity index is 1.93. The molecule has 4 nitrogen and oxygen atoms in total. The number of anilines is 1. The van der Waals surface area contributed by atoms with E-state index in [4.69, 9.17) is 11.6 Å². The van der Waals surface area contributed by atoms with E-state index in [1.54, 1.807) is 0 Å². The van der Waals surface area contributed by atoms with Crippen LogP contribution in [0.2, 0.25) is 5.02 Å². The van der Waals surface area contributed by atoms with Crippen LogP contribution in [0.4, 0.5) is 5.13 Å². The summed E-state index contributed by atoms with van der Waals surface area (Å²) in [7, 11) is 0. The molecule has 0 saturated carbocycles. The maximum absolute atomic E-state index is 12.3. The molecule has 0 aliphatic carbocycles. The van der Waals surface area contributed by atoms with E-state index in [-0.39, 0.29) is 5.91 Å². The van der Waals surface area contributed by atoms with Crippen LogP contribution in [0.1, 0.15) is 25.9 Å². The zero-order valence-electron chi connectivity index (χ0n) is 11.7. The summed E-state index contributed by atoms with van der Waals surface area (Å²) in [6.45, 7) is 5.64. The topological polar surface area (TPSA) is 54.9 Å². The molecule has 1 aromatic carbocycles. The number of hydrogen-bond acceptors (Lipinski definition) is 5. The molecule has 0 spiro atoms. The Hall–Kier alpha value is -1.50. The zero-order chi connectivity index (χ0) is 15.1. The third-order valence-corrected chi connectivity index (χ3v) is 5.50. The molecule has 0 unspecified atom stereocenters. The molecule has 108 valence electrons. The van der Waals surface area contributed by atoms with Crippen molar-refractivity contribution < 1.29 is 4.79 Å². The predicted octanol–water partition coefficient (Wildman–Crippen LogP) is 4.58. The molecule has 0 bridgehead atoms. The maximum Gasteiger partial charge on any atom is 0.269 e. The van der Waals surface area contributed by atoms with Crippen molar-refractivity contribution in [2.75, 3.05) is 5.32 Å². The summed E-state index contributed by atoms with van der Waals surface area (Å²) in [4.78, 5) is 21.6. The molecule has 2 heterocycles. The number of hydrogen-bond donors (Lipinski definition) is 1. The van der Waals surface area contributed by atoms with Gasteiger partial charge in [-0.25, -0.2) is 9.97 Å². The highest BCUT2D eigenvalue weighted by atomic mass is 35.5. The van der Waals surface area contributed by atoms with E-state index >= 15 is 0 Å². The van der Waals surface area contributed by atoms with Crippen molar-refractivity contribution in [1.82, 2.24) is 9.97 Å². The van der Waals surface area contributed by atoms with Crippen LogP contribution in [-0.2, 0) is 0 Å². The number of aromatic nitrogens is 2. The summed E-state index contributed by atoms with van der Waals surface area (Å²) in [5.74, 6) is -0.166. The van der Waals surface area contributed by atoms with Gasteiger partial charge in [0.05, 0.1) is 20.9 Å².